The molecule has 0 fully saturated rings. The maximum absolute atomic E-state index is 11.9. The smallest absolute Gasteiger partial charge is 0.273 e. The fourth-order valence-corrected chi connectivity index (χ4v) is 3.05. The van der Waals surface area contributed by atoms with Gasteiger partial charge in [-0.25, -0.2) is 13.1 Å². The summed E-state index contributed by atoms with van der Waals surface area (Å²) in [6.07, 6.45) is 0. The average molecular weight is 301 g/mol. The summed E-state index contributed by atoms with van der Waals surface area (Å²) in [4.78, 5) is 10.3. The minimum absolute atomic E-state index is 0.139. The molecule has 0 saturated carbocycles. The molecule has 2 N–H and O–H groups in total. The molecule has 0 radical (unpaired) electrons. The van der Waals surface area contributed by atoms with Gasteiger partial charge in [0.25, 0.3) is 5.69 Å². The van der Waals surface area contributed by atoms with E-state index >= 15 is 0 Å². The zero-order valence-corrected chi connectivity index (χ0v) is 12.3. The Kier molecular flexibility index (Phi) is 6.05. The van der Waals surface area contributed by atoms with Crippen LogP contribution in [0.25, 0.3) is 0 Å². The Morgan fingerprint density at radius 3 is 2.55 bits per heavy atom. The number of rotatable bonds is 8. The maximum atomic E-state index is 11.9. The van der Waals surface area contributed by atoms with E-state index in [0.717, 1.165) is 0 Å². The molecule has 1 unspecified atom stereocenters. The molecular weight excluding hydrogens is 282 g/mol. The van der Waals surface area contributed by atoms with E-state index < -0.39 is 20.7 Å². The lowest BCUT2D eigenvalue weighted by atomic mass is 10.2. The van der Waals surface area contributed by atoms with Crippen molar-refractivity contribution in [2.75, 3.05) is 20.1 Å². The second-order valence-electron chi connectivity index (χ2n) is 4.66. The van der Waals surface area contributed by atoms with Crippen LogP contribution in [-0.4, -0.2) is 33.5 Å². The number of para-hydroxylation sites is 1. The van der Waals surface area contributed by atoms with Gasteiger partial charge in [-0.1, -0.05) is 25.1 Å². The molecule has 1 rings (SSSR count). The van der Waals surface area contributed by atoms with Crippen LogP contribution in [0, 0.1) is 16.0 Å². The van der Waals surface area contributed by atoms with E-state index in [4.69, 9.17) is 0 Å². The van der Waals surface area contributed by atoms with E-state index in [1.54, 1.807) is 13.1 Å². The van der Waals surface area contributed by atoms with Gasteiger partial charge in [-0.2, -0.15) is 0 Å². The van der Waals surface area contributed by atoms with Crippen LogP contribution in [0.2, 0.25) is 0 Å². The van der Waals surface area contributed by atoms with Crippen LogP contribution in [0.1, 0.15) is 12.5 Å². The summed E-state index contributed by atoms with van der Waals surface area (Å²) >= 11 is 0. The first kappa shape index (κ1) is 16.5. The van der Waals surface area contributed by atoms with E-state index in [9.17, 15) is 18.5 Å². The molecule has 20 heavy (non-hydrogen) atoms. The van der Waals surface area contributed by atoms with E-state index in [1.807, 2.05) is 6.92 Å². The van der Waals surface area contributed by atoms with Crippen LogP contribution < -0.4 is 10.0 Å². The van der Waals surface area contributed by atoms with Crippen molar-refractivity contribution in [2.45, 2.75) is 12.7 Å². The summed E-state index contributed by atoms with van der Waals surface area (Å²) in [5.74, 6) is -0.253. The van der Waals surface area contributed by atoms with E-state index in [-0.39, 0.29) is 17.2 Å². The van der Waals surface area contributed by atoms with Gasteiger partial charge in [-0.3, -0.25) is 10.1 Å². The Labute approximate surface area is 118 Å². The number of nitro groups is 1. The molecule has 0 bridgehead atoms. The first-order valence-corrected chi connectivity index (χ1v) is 7.85. The average Bonchev–Trinajstić information content (AvgIpc) is 2.37. The maximum Gasteiger partial charge on any atom is 0.273 e. The van der Waals surface area contributed by atoms with Gasteiger partial charge in [0, 0.05) is 18.2 Å². The number of sulfonamides is 1. The monoisotopic (exact) mass is 301 g/mol. The number of hydrogen-bond donors (Lipinski definition) is 2. The Morgan fingerprint density at radius 1 is 1.30 bits per heavy atom. The fourth-order valence-electron chi connectivity index (χ4n) is 1.76. The molecular formula is C12H19N3O4S. The summed E-state index contributed by atoms with van der Waals surface area (Å²) in [6.45, 7) is 2.89. The summed E-state index contributed by atoms with van der Waals surface area (Å²) in [5.41, 5.74) is 0.00687. The molecule has 8 heteroatoms. The summed E-state index contributed by atoms with van der Waals surface area (Å²) < 4.78 is 26.3. The first-order chi connectivity index (χ1) is 9.35. The molecule has 1 atom stereocenters. The Hall–Kier alpha value is -1.51. The summed E-state index contributed by atoms with van der Waals surface area (Å²) in [5, 5.41) is 13.8. The van der Waals surface area contributed by atoms with Crippen LogP contribution in [0.3, 0.4) is 0 Å². The number of benzene rings is 1. The quantitative estimate of drug-likeness (QED) is 0.548. The summed E-state index contributed by atoms with van der Waals surface area (Å²) in [6, 6.07) is 5.85. The molecule has 0 aliphatic heterocycles. The van der Waals surface area contributed by atoms with Crippen molar-refractivity contribution in [1.82, 2.24) is 10.0 Å². The van der Waals surface area contributed by atoms with E-state index in [1.165, 1.54) is 18.2 Å². The highest BCUT2D eigenvalue weighted by molar-refractivity contribution is 7.88. The Morgan fingerprint density at radius 2 is 1.95 bits per heavy atom. The van der Waals surface area contributed by atoms with Gasteiger partial charge in [-0.05, 0) is 19.5 Å². The summed E-state index contributed by atoms with van der Waals surface area (Å²) in [7, 11) is -1.80. The van der Waals surface area contributed by atoms with Crippen LogP contribution in [0.15, 0.2) is 24.3 Å². The van der Waals surface area contributed by atoms with Crippen LogP contribution in [0.4, 0.5) is 5.69 Å². The number of nitro benzene ring substituents is 1. The third-order valence-corrected chi connectivity index (χ3v) is 4.04. The molecule has 0 heterocycles. The molecule has 0 aromatic heterocycles. The van der Waals surface area contributed by atoms with Gasteiger partial charge >= 0.3 is 0 Å². The van der Waals surface area contributed by atoms with Crippen molar-refractivity contribution in [3.05, 3.63) is 39.9 Å². The molecule has 0 aliphatic carbocycles. The number of hydrogen-bond acceptors (Lipinski definition) is 5. The zero-order chi connectivity index (χ0) is 15.2. The van der Waals surface area contributed by atoms with Gasteiger partial charge in [-0.15, -0.1) is 0 Å². The molecule has 0 spiro atoms. The number of nitrogens with zero attached hydrogens (tertiary/aromatic N) is 1. The van der Waals surface area contributed by atoms with Crippen LogP contribution in [0.5, 0.6) is 0 Å². The second kappa shape index (κ2) is 7.32. The minimum atomic E-state index is -3.59. The fraction of sp³-hybridized carbons (Fsp3) is 0.500. The molecule has 0 amide bonds. The van der Waals surface area contributed by atoms with Crippen molar-refractivity contribution < 1.29 is 13.3 Å². The zero-order valence-electron chi connectivity index (χ0n) is 11.5. The second-order valence-corrected chi connectivity index (χ2v) is 6.46. The van der Waals surface area contributed by atoms with Crippen molar-refractivity contribution in [2.24, 2.45) is 5.92 Å². The lowest BCUT2D eigenvalue weighted by molar-refractivity contribution is -0.385. The van der Waals surface area contributed by atoms with Crippen LogP contribution >= 0.6 is 0 Å². The minimum Gasteiger partial charge on any atom is -0.319 e. The normalized spacial score (nSPS) is 13.1. The lowest BCUT2D eigenvalue weighted by Crippen LogP contribution is -2.33. The van der Waals surface area contributed by atoms with Gasteiger partial charge in [0.05, 0.1) is 10.7 Å². The van der Waals surface area contributed by atoms with E-state index in [2.05, 4.69) is 10.0 Å². The highest BCUT2D eigenvalue weighted by atomic mass is 32.2. The Bertz CT molecular complexity index is 560. The van der Waals surface area contributed by atoms with Crippen molar-refractivity contribution >= 4 is 15.7 Å². The van der Waals surface area contributed by atoms with Crippen molar-refractivity contribution in [3.63, 3.8) is 0 Å². The van der Waals surface area contributed by atoms with Gasteiger partial charge < -0.3 is 5.32 Å². The highest BCUT2D eigenvalue weighted by Crippen LogP contribution is 2.19. The molecule has 7 nitrogen and oxygen atoms in total. The Balaban J connectivity index is 2.74. The third-order valence-electron chi connectivity index (χ3n) is 2.74. The molecule has 0 aliphatic rings. The SMILES string of the molecule is CNCC(C)CNS(=O)(=O)Cc1ccccc1[N+](=O)[O-]. The molecule has 0 saturated heterocycles. The third kappa shape index (κ3) is 5.24. The van der Waals surface area contributed by atoms with Crippen molar-refractivity contribution in [3.8, 4) is 0 Å². The predicted octanol–water partition coefficient (Wildman–Crippen LogP) is 0.870. The van der Waals surface area contributed by atoms with Crippen LogP contribution in [-0.2, 0) is 15.8 Å². The predicted molar refractivity (Wildman–Crippen MR) is 76.8 cm³/mol. The first-order valence-electron chi connectivity index (χ1n) is 6.20. The van der Waals surface area contributed by atoms with Gasteiger partial charge in [0.15, 0.2) is 0 Å². The standard InChI is InChI=1S/C12H19N3O4S/c1-10(7-13-2)8-14-20(18,19)9-11-5-3-4-6-12(11)15(16)17/h3-6,10,13-14H,7-9H2,1-2H3. The topological polar surface area (TPSA) is 101 Å². The number of nitrogens with one attached hydrogen (secondary N) is 2. The molecule has 1 aromatic rings. The largest absolute Gasteiger partial charge is 0.319 e. The van der Waals surface area contributed by atoms with Gasteiger partial charge in [0.1, 0.15) is 0 Å². The highest BCUT2D eigenvalue weighted by Gasteiger charge is 2.19. The van der Waals surface area contributed by atoms with Crippen molar-refractivity contribution in [1.29, 1.82) is 0 Å². The van der Waals surface area contributed by atoms with E-state index in [0.29, 0.717) is 13.1 Å². The van der Waals surface area contributed by atoms with Gasteiger partial charge in [0.2, 0.25) is 10.0 Å². The molecule has 112 valence electrons. The molecule has 1 aromatic carbocycles. The lowest BCUT2D eigenvalue weighted by Gasteiger charge is -2.12.